The van der Waals surface area contributed by atoms with Gasteiger partial charge in [-0.1, -0.05) is 12.1 Å². The maximum Gasteiger partial charge on any atom is 0.224 e. The minimum absolute atomic E-state index is 0.0956. The summed E-state index contributed by atoms with van der Waals surface area (Å²) in [6.07, 6.45) is 2.14. The van der Waals surface area contributed by atoms with Gasteiger partial charge in [-0.05, 0) is 29.3 Å². The highest BCUT2D eigenvalue weighted by Gasteiger charge is 2.15. The molecule has 2 heterocycles. The quantitative estimate of drug-likeness (QED) is 0.788. The van der Waals surface area contributed by atoms with Crippen molar-refractivity contribution in [2.24, 2.45) is 0 Å². The van der Waals surface area contributed by atoms with E-state index in [1.54, 1.807) is 6.26 Å². The predicted octanol–water partition coefficient (Wildman–Crippen LogP) is 2.12. The standard InChI is InChI=1S/C13H11NO2/c15-13-7-9-3-4-10(6-11(9)8-14-13)12-2-1-5-16-12/h1-6H,7-8H2,(H,14,15). The van der Waals surface area contributed by atoms with Gasteiger partial charge in [-0.2, -0.15) is 0 Å². The topological polar surface area (TPSA) is 42.2 Å². The minimum Gasteiger partial charge on any atom is -0.464 e. The maximum absolute atomic E-state index is 11.2. The number of carbonyl (C=O) groups excluding carboxylic acids is 1. The Hall–Kier alpha value is -2.03. The Morgan fingerprint density at radius 2 is 2.12 bits per heavy atom. The molecule has 1 aromatic carbocycles. The van der Waals surface area contributed by atoms with Gasteiger partial charge in [0.25, 0.3) is 0 Å². The first kappa shape index (κ1) is 9.21. The molecule has 0 atom stereocenters. The zero-order valence-electron chi connectivity index (χ0n) is 8.69. The average molecular weight is 213 g/mol. The van der Waals surface area contributed by atoms with Crippen LogP contribution in [0.15, 0.2) is 41.0 Å². The second-order valence-corrected chi connectivity index (χ2v) is 3.91. The van der Waals surface area contributed by atoms with E-state index >= 15 is 0 Å². The largest absolute Gasteiger partial charge is 0.464 e. The third kappa shape index (κ3) is 1.50. The fourth-order valence-electron chi connectivity index (χ4n) is 1.99. The number of fused-ring (bicyclic) bond motifs is 1. The summed E-state index contributed by atoms with van der Waals surface area (Å²) in [4.78, 5) is 11.2. The van der Waals surface area contributed by atoms with Gasteiger partial charge in [0.2, 0.25) is 5.91 Å². The van der Waals surface area contributed by atoms with Crippen LogP contribution in [0.2, 0.25) is 0 Å². The Morgan fingerprint density at radius 3 is 2.94 bits per heavy atom. The molecular weight excluding hydrogens is 202 g/mol. The summed E-state index contributed by atoms with van der Waals surface area (Å²) in [5, 5.41) is 2.84. The molecule has 0 bridgehead atoms. The number of hydrogen-bond donors (Lipinski definition) is 1. The van der Waals surface area contributed by atoms with Gasteiger partial charge < -0.3 is 9.73 Å². The lowest BCUT2D eigenvalue weighted by molar-refractivity contribution is -0.121. The van der Waals surface area contributed by atoms with E-state index in [1.165, 1.54) is 5.56 Å². The van der Waals surface area contributed by atoms with Crippen molar-refractivity contribution in [2.45, 2.75) is 13.0 Å². The molecule has 1 N–H and O–H groups in total. The van der Waals surface area contributed by atoms with Gasteiger partial charge in [-0.25, -0.2) is 0 Å². The van der Waals surface area contributed by atoms with E-state index in [1.807, 2.05) is 24.3 Å². The Labute approximate surface area is 93.1 Å². The normalized spacial score (nSPS) is 14.4. The van der Waals surface area contributed by atoms with Crippen molar-refractivity contribution >= 4 is 5.91 Å². The van der Waals surface area contributed by atoms with Gasteiger partial charge in [0.1, 0.15) is 5.76 Å². The first-order chi connectivity index (χ1) is 7.83. The molecule has 1 aromatic heterocycles. The van der Waals surface area contributed by atoms with Crippen LogP contribution in [0, 0.1) is 0 Å². The number of hydrogen-bond acceptors (Lipinski definition) is 2. The number of nitrogens with one attached hydrogen (secondary N) is 1. The van der Waals surface area contributed by atoms with Crippen molar-refractivity contribution < 1.29 is 9.21 Å². The van der Waals surface area contributed by atoms with Crippen molar-refractivity contribution in [3.8, 4) is 11.3 Å². The zero-order valence-corrected chi connectivity index (χ0v) is 8.69. The summed E-state index contributed by atoms with van der Waals surface area (Å²) in [5.41, 5.74) is 3.34. The van der Waals surface area contributed by atoms with E-state index < -0.39 is 0 Å². The molecule has 1 aliphatic rings. The van der Waals surface area contributed by atoms with E-state index in [4.69, 9.17) is 4.42 Å². The number of benzene rings is 1. The molecule has 0 aliphatic carbocycles. The lowest BCUT2D eigenvalue weighted by Crippen LogP contribution is -2.30. The molecule has 3 rings (SSSR count). The Morgan fingerprint density at radius 1 is 1.19 bits per heavy atom. The number of carbonyl (C=O) groups is 1. The Kier molecular flexibility index (Phi) is 2.03. The predicted molar refractivity (Wildman–Crippen MR) is 59.7 cm³/mol. The molecular formula is C13H11NO2. The number of amides is 1. The second-order valence-electron chi connectivity index (χ2n) is 3.91. The average Bonchev–Trinajstić information content (AvgIpc) is 2.82. The van der Waals surface area contributed by atoms with Crippen LogP contribution in [-0.4, -0.2) is 5.91 Å². The van der Waals surface area contributed by atoms with Crippen molar-refractivity contribution in [2.75, 3.05) is 0 Å². The van der Waals surface area contributed by atoms with Crippen molar-refractivity contribution in [3.63, 3.8) is 0 Å². The lowest BCUT2D eigenvalue weighted by Gasteiger charge is -2.17. The highest BCUT2D eigenvalue weighted by atomic mass is 16.3. The fourth-order valence-corrected chi connectivity index (χ4v) is 1.99. The van der Waals surface area contributed by atoms with E-state index in [2.05, 4.69) is 11.4 Å². The Bertz CT molecular complexity index is 529. The van der Waals surface area contributed by atoms with Crippen LogP contribution in [-0.2, 0) is 17.8 Å². The number of rotatable bonds is 1. The molecule has 80 valence electrons. The summed E-state index contributed by atoms with van der Waals surface area (Å²) >= 11 is 0. The molecule has 1 aliphatic heterocycles. The highest BCUT2D eigenvalue weighted by Crippen LogP contribution is 2.24. The van der Waals surface area contributed by atoms with Crippen molar-refractivity contribution in [1.29, 1.82) is 0 Å². The van der Waals surface area contributed by atoms with E-state index in [-0.39, 0.29) is 5.91 Å². The van der Waals surface area contributed by atoms with Gasteiger partial charge >= 0.3 is 0 Å². The van der Waals surface area contributed by atoms with Crippen molar-refractivity contribution in [1.82, 2.24) is 5.32 Å². The van der Waals surface area contributed by atoms with Gasteiger partial charge in [0, 0.05) is 12.1 Å². The van der Waals surface area contributed by atoms with Crippen LogP contribution < -0.4 is 5.32 Å². The molecule has 16 heavy (non-hydrogen) atoms. The second kappa shape index (κ2) is 3.52. The molecule has 0 saturated carbocycles. The summed E-state index contributed by atoms with van der Waals surface area (Å²) in [6.45, 7) is 0.614. The van der Waals surface area contributed by atoms with Gasteiger partial charge in [-0.3, -0.25) is 4.79 Å². The van der Waals surface area contributed by atoms with Crippen LogP contribution in [0.25, 0.3) is 11.3 Å². The molecule has 1 amide bonds. The Balaban J connectivity index is 2.03. The van der Waals surface area contributed by atoms with Gasteiger partial charge in [-0.15, -0.1) is 0 Å². The maximum atomic E-state index is 11.2. The SMILES string of the molecule is O=C1Cc2ccc(-c3ccco3)cc2CN1. The van der Waals surface area contributed by atoms with E-state index in [0.29, 0.717) is 13.0 Å². The van der Waals surface area contributed by atoms with Crippen LogP contribution >= 0.6 is 0 Å². The first-order valence-electron chi connectivity index (χ1n) is 5.25. The highest BCUT2D eigenvalue weighted by molar-refractivity contribution is 5.81. The molecule has 0 spiro atoms. The summed E-state index contributed by atoms with van der Waals surface area (Å²) in [7, 11) is 0. The van der Waals surface area contributed by atoms with Crippen LogP contribution in [0.5, 0.6) is 0 Å². The van der Waals surface area contributed by atoms with Crippen LogP contribution in [0.1, 0.15) is 11.1 Å². The van der Waals surface area contributed by atoms with Crippen LogP contribution in [0.3, 0.4) is 0 Å². The van der Waals surface area contributed by atoms with Gasteiger partial charge in [0.15, 0.2) is 0 Å². The molecule has 3 heteroatoms. The smallest absolute Gasteiger partial charge is 0.224 e. The first-order valence-corrected chi connectivity index (χ1v) is 5.25. The zero-order chi connectivity index (χ0) is 11.0. The monoisotopic (exact) mass is 213 g/mol. The van der Waals surface area contributed by atoms with E-state index in [9.17, 15) is 4.79 Å². The fraction of sp³-hybridized carbons (Fsp3) is 0.154. The lowest BCUT2D eigenvalue weighted by atomic mass is 9.97. The molecule has 2 aromatic rings. The minimum atomic E-state index is 0.0956. The molecule has 0 radical (unpaired) electrons. The molecule has 3 nitrogen and oxygen atoms in total. The molecule has 0 saturated heterocycles. The van der Waals surface area contributed by atoms with Crippen molar-refractivity contribution in [3.05, 3.63) is 47.7 Å². The summed E-state index contributed by atoms with van der Waals surface area (Å²) < 4.78 is 5.34. The third-order valence-electron chi connectivity index (χ3n) is 2.84. The van der Waals surface area contributed by atoms with E-state index in [0.717, 1.165) is 16.9 Å². The van der Waals surface area contributed by atoms with Crippen LogP contribution in [0.4, 0.5) is 0 Å². The van der Waals surface area contributed by atoms with Gasteiger partial charge in [0.05, 0.1) is 12.7 Å². The summed E-state index contributed by atoms with van der Waals surface area (Å²) in [5.74, 6) is 0.956. The molecule has 0 unspecified atom stereocenters. The molecule has 0 fully saturated rings. The summed E-state index contributed by atoms with van der Waals surface area (Å²) in [6, 6.07) is 9.88. The number of furan rings is 1. The third-order valence-corrected chi connectivity index (χ3v) is 2.84.